The van der Waals surface area contributed by atoms with E-state index >= 15 is 0 Å². The van der Waals surface area contributed by atoms with Crippen LogP contribution in [0.4, 0.5) is 0 Å². The Morgan fingerprint density at radius 1 is 1.62 bits per heavy atom. The number of aliphatic hydroxyl groups excluding tert-OH is 1. The third-order valence-electron chi connectivity index (χ3n) is 1.35. The fraction of sp³-hybridized carbons (Fsp3) is 0.800. The van der Waals surface area contributed by atoms with E-state index in [1.165, 1.54) is 0 Å². The van der Waals surface area contributed by atoms with E-state index in [1.54, 1.807) is 0 Å². The highest BCUT2D eigenvalue weighted by molar-refractivity contribution is 4.94. The smallest absolute Gasteiger partial charge is 0.0859 e. The molecule has 0 aromatic rings. The van der Waals surface area contributed by atoms with Crippen LogP contribution in [0.5, 0.6) is 0 Å². The molecular formula is C5H8N2O. The first-order valence-corrected chi connectivity index (χ1v) is 2.63. The van der Waals surface area contributed by atoms with E-state index in [1.807, 2.05) is 6.07 Å². The second-order valence-electron chi connectivity index (χ2n) is 1.96. The Labute approximate surface area is 47.9 Å². The molecule has 1 aliphatic heterocycles. The molecule has 0 aromatic carbocycles. The van der Waals surface area contributed by atoms with Gasteiger partial charge in [0.05, 0.1) is 18.1 Å². The highest BCUT2D eigenvalue weighted by Crippen LogP contribution is 2.05. The first-order valence-electron chi connectivity index (χ1n) is 2.63. The van der Waals surface area contributed by atoms with Crippen LogP contribution in [-0.4, -0.2) is 24.3 Å². The van der Waals surface area contributed by atoms with Gasteiger partial charge in [-0.3, -0.25) is 0 Å². The SMILES string of the molecule is N#CC1CNC[C@@H]1O. The fourth-order valence-electron chi connectivity index (χ4n) is 0.797. The number of nitriles is 1. The average Bonchev–Trinajstić information content (AvgIpc) is 2.14. The molecule has 0 spiro atoms. The molecule has 1 unspecified atom stereocenters. The van der Waals surface area contributed by atoms with Crippen LogP contribution in [0.2, 0.25) is 0 Å². The van der Waals surface area contributed by atoms with Crippen molar-refractivity contribution in [3.63, 3.8) is 0 Å². The van der Waals surface area contributed by atoms with Crippen molar-refractivity contribution in [1.82, 2.24) is 5.32 Å². The van der Waals surface area contributed by atoms with Gasteiger partial charge >= 0.3 is 0 Å². The molecule has 1 heterocycles. The topological polar surface area (TPSA) is 56.0 Å². The number of aliphatic hydroxyl groups is 1. The van der Waals surface area contributed by atoms with Crippen LogP contribution in [-0.2, 0) is 0 Å². The van der Waals surface area contributed by atoms with Crippen molar-refractivity contribution in [3.05, 3.63) is 0 Å². The number of β-amino-alcohol motifs (C(OH)–C–C–N with tert-alkyl or cyclic N) is 1. The van der Waals surface area contributed by atoms with E-state index < -0.39 is 6.10 Å². The Kier molecular flexibility index (Phi) is 1.47. The van der Waals surface area contributed by atoms with Crippen molar-refractivity contribution in [2.24, 2.45) is 5.92 Å². The van der Waals surface area contributed by atoms with Gasteiger partial charge in [-0.1, -0.05) is 0 Å². The molecule has 0 radical (unpaired) electrons. The Morgan fingerprint density at radius 2 is 2.38 bits per heavy atom. The summed E-state index contributed by atoms with van der Waals surface area (Å²) in [7, 11) is 0. The van der Waals surface area contributed by atoms with E-state index in [0.717, 1.165) is 0 Å². The normalized spacial score (nSPS) is 37.0. The van der Waals surface area contributed by atoms with Crippen molar-refractivity contribution in [3.8, 4) is 6.07 Å². The lowest BCUT2D eigenvalue weighted by Gasteiger charge is -1.99. The highest BCUT2D eigenvalue weighted by Gasteiger charge is 2.23. The zero-order chi connectivity index (χ0) is 5.98. The van der Waals surface area contributed by atoms with Gasteiger partial charge in [-0.15, -0.1) is 0 Å². The molecule has 1 fully saturated rings. The predicted octanol–water partition coefficient (Wildman–Crippen LogP) is -0.910. The Morgan fingerprint density at radius 3 is 2.62 bits per heavy atom. The van der Waals surface area contributed by atoms with Crippen molar-refractivity contribution in [2.75, 3.05) is 13.1 Å². The minimum absolute atomic E-state index is 0.185. The molecule has 0 amide bonds. The summed E-state index contributed by atoms with van der Waals surface area (Å²) < 4.78 is 0. The molecule has 1 rings (SSSR count). The minimum atomic E-state index is -0.444. The lowest BCUT2D eigenvalue weighted by atomic mass is 10.1. The van der Waals surface area contributed by atoms with Gasteiger partial charge in [0.15, 0.2) is 0 Å². The molecule has 1 saturated heterocycles. The monoisotopic (exact) mass is 112 g/mol. The molecule has 8 heavy (non-hydrogen) atoms. The standard InChI is InChI=1S/C5H8N2O/c6-1-4-2-7-3-5(4)8/h4-5,7-8H,2-3H2/t4?,5-/m0/s1. The van der Waals surface area contributed by atoms with Crippen molar-refractivity contribution < 1.29 is 5.11 Å². The zero-order valence-corrected chi connectivity index (χ0v) is 4.46. The third-order valence-corrected chi connectivity index (χ3v) is 1.35. The number of nitrogens with one attached hydrogen (secondary N) is 1. The Bertz CT molecular complexity index is 118. The molecule has 44 valence electrons. The van der Waals surface area contributed by atoms with Gasteiger partial charge in [-0.05, 0) is 0 Å². The van der Waals surface area contributed by atoms with Crippen molar-refractivity contribution in [1.29, 1.82) is 5.26 Å². The summed E-state index contributed by atoms with van der Waals surface area (Å²) in [5.41, 5.74) is 0. The summed E-state index contributed by atoms with van der Waals surface area (Å²) in [5, 5.41) is 20.1. The van der Waals surface area contributed by atoms with E-state index in [2.05, 4.69) is 5.32 Å². The van der Waals surface area contributed by atoms with Gasteiger partial charge in [-0.25, -0.2) is 0 Å². The van der Waals surface area contributed by atoms with Gasteiger partial charge in [0, 0.05) is 13.1 Å². The highest BCUT2D eigenvalue weighted by atomic mass is 16.3. The largest absolute Gasteiger partial charge is 0.390 e. The quantitative estimate of drug-likeness (QED) is 0.426. The van der Waals surface area contributed by atoms with Crippen LogP contribution < -0.4 is 5.32 Å². The van der Waals surface area contributed by atoms with Gasteiger partial charge in [-0.2, -0.15) is 5.26 Å². The van der Waals surface area contributed by atoms with E-state index in [-0.39, 0.29) is 5.92 Å². The van der Waals surface area contributed by atoms with Gasteiger partial charge in [0.1, 0.15) is 0 Å². The van der Waals surface area contributed by atoms with Crippen molar-refractivity contribution in [2.45, 2.75) is 6.10 Å². The lowest BCUT2D eigenvalue weighted by molar-refractivity contribution is 0.170. The van der Waals surface area contributed by atoms with Gasteiger partial charge in [0.2, 0.25) is 0 Å². The zero-order valence-electron chi connectivity index (χ0n) is 4.46. The number of rotatable bonds is 0. The minimum Gasteiger partial charge on any atom is -0.390 e. The molecule has 0 aromatic heterocycles. The summed E-state index contributed by atoms with van der Waals surface area (Å²) in [5.74, 6) is -0.185. The Hall–Kier alpha value is -0.590. The molecule has 3 nitrogen and oxygen atoms in total. The Balaban J connectivity index is 2.45. The molecular weight excluding hydrogens is 104 g/mol. The molecule has 0 aliphatic carbocycles. The molecule has 0 bridgehead atoms. The van der Waals surface area contributed by atoms with Crippen LogP contribution in [0.25, 0.3) is 0 Å². The van der Waals surface area contributed by atoms with Crippen LogP contribution in [0.15, 0.2) is 0 Å². The molecule has 0 saturated carbocycles. The summed E-state index contributed by atoms with van der Waals surface area (Å²) in [6.45, 7) is 1.20. The maximum absolute atomic E-state index is 8.90. The first-order chi connectivity index (χ1) is 3.84. The van der Waals surface area contributed by atoms with Crippen molar-refractivity contribution >= 4 is 0 Å². The van der Waals surface area contributed by atoms with Crippen LogP contribution in [0.1, 0.15) is 0 Å². The van der Waals surface area contributed by atoms with E-state index in [4.69, 9.17) is 10.4 Å². The number of hydrogen-bond acceptors (Lipinski definition) is 3. The predicted molar refractivity (Wildman–Crippen MR) is 28.0 cm³/mol. The summed E-state index contributed by atoms with van der Waals surface area (Å²) in [4.78, 5) is 0. The summed E-state index contributed by atoms with van der Waals surface area (Å²) >= 11 is 0. The second-order valence-corrected chi connectivity index (χ2v) is 1.96. The van der Waals surface area contributed by atoms with Gasteiger partial charge in [0.25, 0.3) is 0 Å². The molecule has 2 N–H and O–H groups in total. The maximum atomic E-state index is 8.90. The number of nitrogens with zero attached hydrogens (tertiary/aromatic N) is 1. The fourth-order valence-corrected chi connectivity index (χ4v) is 0.797. The number of hydrogen-bond donors (Lipinski definition) is 2. The van der Waals surface area contributed by atoms with Gasteiger partial charge < -0.3 is 10.4 Å². The van der Waals surface area contributed by atoms with E-state index in [0.29, 0.717) is 13.1 Å². The second kappa shape index (κ2) is 2.12. The van der Waals surface area contributed by atoms with Crippen LogP contribution in [0, 0.1) is 17.2 Å². The summed E-state index contributed by atoms with van der Waals surface area (Å²) in [6, 6.07) is 2.00. The first kappa shape index (κ1) is 5.54. The van der Waals surface area contributed by atoms with Crippen LogP contribution >= 0.6 is 0 Å². The average molecular weight is 112 g/mol. The van der Waals surface area contributed by atoms with Crippen LogP contribution in [0.3, 0.4) is 0 Å². The molecule has 3 heteroatoms. The van der Waals surface area contributed by atoms with E-state index in [9.17, 15) is 0 Å². The molecule has 2 atom stereocenters. The molecule has 1 aliphatic rings. The summed E-state index contributed by atoms with van der Waals surface area (Å²) in [6.07, 6.45) is -0.444. The third kappa shape index (κ3) is 0.808. The maximum Gasteiger partial charge on any atom is 0.0859 e. The lowest BCUT2D eigenvalue weighted by Crippen LogP contribution is -2.15.